The molecular formula is C16H27N3O. The summed E-state index contributed by atoms with van der Waals surface area (Å²) in [7, 11) is 0. The number of nitrogens with one attached hydrogen (secondary N) is 2. The summed E-state index contributed by atoms with van der Waals surface area (Å²) in [6.45, 7) is 11.1. The molecule has 1 saturated heterocycles. The van der Waals surface area contributed by atoms with Crippen LogP contribution in [0.1, 0.15) is 49.7 Å². The first-order valence-corrected chi connectivity index (χ1v) is 7.66. The molecule has 112 valence electrons. The molecule has 0 bridgehead atoms. The standard InChI is InChI=1S/C16H27N3O/c1-11(2)19-12(3)8-15(13(19)4)10-18-16(20)14-6-5-7-17-9-14/h8,11,14,17H,5-7,9-10H2,1-4H3,(H,18,20). The SMILES string of the molecule is Cc1cc(CNC(=O)C2CCCNC2)c(C)n1C(C)C. The second kappa shape index (κ2) is 6.44. The Morgan fingerprint density at radius 3 is 2.80 bits per heavy atom. The molecule has 4 heteroatoms. The average molecular weight is 277 g/mol. The first kappa shape index (κ1) is 15.1. The summed E-state index contributed by atoms with van der Waals surface area (Å²) in [5.41, 5.74) is 3.76. The smallest absolute Gasteiger partial charge is 0.224 e. The van der Waals surface area contributed by atoms with E-state index in [1.54, 1.807) is 0 Å². The van der Waals surface area contributed by atoms with Crippen LogP contribution in [-0.2, 0) is 11.3 Å². The van der Waals surface area contributed by atoms with Crippen LogP contribution < -0.4 is 10.6 Å². The zero-order valence-corrected chi connectivity index (χ0v) is 13.1. The Hall–Kier alpha value is -1.29. The fourth-order valence-electron chi connectivity index (χ4n) is 3.22. The lowest BCUT2D eigenvalue weighted by atomic mass is 9.99. The summed E-state index contributed by atoms with van der Waals surface area (Å²) in [4.78, 5) is 12.2. The summed E-state index contributed by atoms with van der Waals surface area (Å²) >= 11 is 0. The molecule has 0 spiro atoms. The predicted molar refractivity (Wildman–Crippen MR) is 81.7 cm³/mol. The van der Waals surface area contributed by atoms with Gasteiger partial charge >= 0.3 is 0 Å². The molecule has 0 saturated carbocycles. The molecule has 2 rings (SSSR count). The number of amides is 1. The second-order valence-corrected chi connectivity index (χ2v) is 6.12. The van der Waals surface area contributed by atoms with Gasteiger partial charge in [-0.15, -0.1) is 0 Å². The van der Waals surface area contributed by atoms with Crippen molar-refractivity contribution in [3.05, 3.63) is 23.0 Å². The van der Waals surface area contributed by atoms with E-state index in [2.05, 4.69) is 49.0 Å². The molecule has 1 aliphatic heterocycles. The summed E-state index contributed by atoms with van der Waals surface area (Å²) in [6, 6.07) is 2.65. The Balaban J connectivity index is 1.97. The number of nitrogens with zero attached hydrogens (tertiary/aromatic N) is 1. The van der Waals surface area contributed by atoms with Gasteiger partial charge < -0.3 is 15.2 Å². The predicted octanol–water partition coefficient (Wildman–Crippen LogP) is 2.30. The average Bonchev–Trinajstić information content (AvgIpc) is 2.71. The number of hydrogen-bond donors (Lipinski definition) is 2. The number of rotatable bonds is 4. The number of carbonyl (C=O) groups excluding carboxylic acids is 1. The fraction of sp³-hybridized carbons (Fsp3) is 0.688. The summed E-state index contributed by atoms with van der Waals surface area (Å²) in [5.74, 6) is 0.323. The molecule has 2 heterocycles. The van der Waals surface area contributed by atoms with E-state index in [-0.39, 0.29) is 11.8 Å². The van der Waals surface area contributed by atoms with Crippen molar-refractivity contribution < 1.29 is 4.79 Å². The van der Waals surface area contributed by atoms with E-state index < -0.39 is 0 Å². The Labute approximate surface area is 121 Å². The molecular weight excluding hydrogens is 250 g/mol. The maximum absolute atomic E-state index is 12.2. The third kappa shape index (κ3) is 3.23. The van der Waals surface area contributed by atoms with Crippen LogP contribution in [0.4, 0.5) is 0 Å². The maximum Gasteiger partial charge on any atom is 0.224 e. The van der Waals surface area contributed by atoms with Crippen LogP contribution in [-0.4, -0.2) is 23.6 Å². The van der Waals surface area contributed by atoms with E-state index >= 15 is 0 Å². The molecule has 1 amide bonds. The van der Waals surface area contributed by atoms with Crippen molar-refractivity contribution in [2.45, 2.75) is 53.1 Å². The Morgan fingerprint density at radius 1 is 1.50 bits per heavy atom. The van der Waals surface area contributed by atoms with Crippen LogP contribution >= 0.6 is 0 Å². The van der Waals surface area contributed by atoms with Crippen LogP contribution in [0.5, 0.6) is 0 Å². The number of hydrogen-bond acceptors (Lipinski definition) is 2. The van der Waals surface area contributed by atoms with E-state index in [1.165, 1.54) is 17.0 Å². The van der Waals surface area contributed by atoms with E-state index in [0.717, 1.165) is 25.9 Å². The zero-order chi connectivity index (χ0) is 14.7. The summed E-state index contributed by atoms with van der Waals surface area (Å²) in [6.07, 6.45) is 2.10. The molecule has 1 unspecified atom stereocenters. The van der Waals surface area contributed by atoms with Crippen LogP contribution in [0.25, 0.3) is 0 Å². The monoisotopic (exact) mass is 277 g/mol. The van der Waals surface area contributed by atoms with Gasteiger partial charge in [-0.3, -0.25) is 4.79 Å². The maximum atomic E-state index is 12.2. The molecule has 0 aromatic carbocycles. The fourth-order valence-corrected chi connectivity index (χ4v) is 3.22. The van der Waals surface area contributed by atoms with E-state index in [1.807, 2.05) is 0 Å². The molecule has 1 atom stereocenters. The van der Waals surface area contributed by atoms with Crippen molar-refractivity contribution in [3.8, 4) is 0 Å². The quantitative estimate of drug-likeness (QED) is 0.887. The van der Waals surface area contributed by atoms with E-state index in [4.69, 9.17) is 0 Å². The second-order valence-electron chi connectivity index (χ2n) is 6.12. The van der Waals surface area contributed by atoms with Gasteiger partial charge in [-0.25, -0.2) is 0 Å². The number of piperidine rings is 1. The molecule has 20 heavy (non-hydrogen) atoms. The van der Waals surface area contributed by atoms with Gasteiger partial charge in [0.1, 0.15) is 0 Å². The third-order valence-electron chi connectivity index (χ3n) is 4.23. The normalized spacial score (nSPS) is 19.4. The topological polar surface area (TPSA) is 46.1 Å². The summed E-state index contributed by atoms with van der Waals surface area (Å²) in [5, 5.41) is 6.39. The van der Waals surface area contributed by atoms with Gasteiger partial charge in [-0.05, 0) is 58.7 Å². The lowest BCUT2D eigenvalue weighted by Crippen LogP contribution is -2.40. The Bertz CT molecular complexity index is 470. The minimum atomic E-state index is 0.136. The number of aromatic nitrogens is 1. The van der Waals surface area contributed by atoms with Gasteiger partial charge in [0.15, 0.2) is 0 Å². The molecule has 1 aromatic rings. The largest absolute Gasteiger partial charge is 0.352 e. The zero-order valence-electron chi connectivity index (χ0n) is 13.1. The van der Waals surface area contributed by atoms with Gasteiger partial charge in [-0.1, -0.05) is 0 Å². The minimum Gasteiger partial charge on any atom is -0.352 e. The molecule has 4 nitrogen and oxygen atoms in total. The molecule has 1 aromatic heterocycles. The van der Waals surface area contributed by atoms with Crippen molar-refractivity contribution in [2.24, 2.45) is 5.92 Å². The van der Waals surface area contributed by atoms with Crippen molar-refractivity contribution in [3.63, 3.8) is 0 Å². The van der Waals surface area contributed by atoms with Crippen molar-refractivity contribution >= 4 is 5.91 Å². The minimum absolute atomic E-state index is 0.136. The van der Waals surface area contributed by atoms with Gasteiger partial charge in [0.2, 0.25) is 5.91 Å². The van der Waals surface area contributed by atoms with E-state index in [0.29, 0.717) is 12.6 Å². The van der Waals surface area contributed by atoms with Gasteiger partial charge in [0.25, 0.3) is 0 Å². The highest BCUT2D eigenvalue weighted by molar-refractivity contribution is 5.79. The highest BCUT2D eigenvalue weighted by Gasteiger charge is 2.21. The first-order chi connectivity index (χ1) is 9.50. The summed E-state index contributed by atoms with van der Waals surface area (Å²) < 4.78 is 2.32. The lowest BCUT2D eigenvalue weighted by Gasteiger charge is -2.22. The van der Waals surface area contributed by atoms with Crippen molar-refractivity contribution in [1.29, 1.82) is 0 Å². The molecule has 1 aliphatic rings. The first-order valence-electron chi connectivity index (χ1n) is 7.66. The van der Waals surface area contributed by atoms with Crippen LogP contribution in [0.15, 0.2) is 6.07 Å². The van der Waals surface area contributed by atoms with E-state index in [9.17, 15) is 4.79 Å². The molecule has 1 fully saturated rings. The van der Waals surface area contributed by atoms with Crippen LogP contribution in [0.2, 0.25) is 0 Å². The lowest BCUT2D eigenvalue weighted by molar-refractivity contribution is -0.125. The van der Waals surface area contributed by atoms with Gasteiger partial charge in [-0.2, -0.15) is 0 Å². The molecule has 0 aliphatic carbocycles. The van der Waals surface area contributed by atoms with Crippen LogP contribution in [0.3, 0.4) is 0 Å². The highest BCUT2D eigenvalue weighted by Crippen LogP contribution is 2.20. The Morgan fingerprint density at radius 2 is 2.25 bits per heavy atom. The molecule has 0 radical (unpaired) electrons. The number of aryl methyl sites for hydroxylation is 1. The third-order valence-corrected chi connectivity index (χ3v) is 4.23. The van der Waals surface area contributed by atoms with Crippen molar-refractivity contribution in [1.82, 2.24) is 15.2 Å². The Kier molecular flexibility index (Phi) is 4.86. The van der Waals surface area contributed by atoms with Crippen LogP contribution in [0, 0.1) is 19.8 Å². The number of carbonyl (C=O) groups is 1. The highest BCUT2D eigenvalue weighted by atomic mass is 16.1. The van der Waals surface area contributed by atoms with Gasteiger partial charge in [0, 0.05) is 30.5 Å². The van der Waals surface area contributed by atoms with Gasteiger partial charge in [0.05, 0.1) is 5.92 Å². The molecule has 2 N–H and O–H groups in total. The van der Waals surface area contributed by atoms with Crippen molar-refractivity contribution in [2.75, 3.05) is 13.1 Å².